The van der Waals surface area contributed by atoms with Crippen molar-refractivity contribution in [2.24, 2.45) is 5.73 Å². The number of pyridine rings is 1. The van der Waals surface area contributed by atoms with Crippen molar-refractivity contribution in [3.8, 4) is 0 Å². The van der Waals surface area contributed by atoms with Crippen LogP contribution in [0.3, 0.4) is 0 Å². The van der Waals surface area contributed by atoms with E-state index in [1.807, 2.05) is 13.8 Å². The average molecular weight is 214 g/mol. The molecule has 2 rings (SSSR count). The molecule has 0 fully saturated rings. The molecule has 2 nitrogen and oxygen atoms in total. The van der Waals surface area contributed by atoms with E-state index in [4.69, 9.17) is 5.73 Å². The van der Waals surface area contributed by atoms with Crippen LogP contribution in [0.1, 0.15) is 35.3 Å². The Morgan fingerprint density at radius 2 is 1.81 bits per heavy atom. The van der Waals surface area contributed by atoms with Crippen LogP contribution in [-0.2, 0) is 0 Å². The lowest BCUT2D eigenvalue weighted by molar-refractivity contribution is 0.823. The maximum absolute atomic E-state index is 6.02. The maximum Gasteiger partial charge on any atom is 0.0737 e. The van der Waals surface area contributed by atoms with Crippen LogP contribution in [-0.4, -0.2) is 4.98 Å². The van der Waals surface area contributed by atoms with Crippen molar-refractivity contribution in [2.45, 2.75) is 33.7 Å². The molecule has 1 atom stereocenters. The number of hydrogen-bond donors (Lipinski definition) is 1. The summed E-state index contributed by atoms with van der Waals surface area (Å²) in [6, 6.07) is 6.48. The first kappa shape index (κ1) is 11.1. The molecule has 1 unspecified atom stereocenters. The van der Waals surface area contributed by atoms with Crippen LogP contribution < -0.4 is 5.73 Å². The van der Waals surface area contributed by atoms with E-state index >= 15 is 0 Å². The lowest BCUT2D eigenvalue weighted by Crippen LogP contribution is -2.07. The Labute approximate surface area is 96.5 Å². The van der Waals surface area contributed by atoms with Crippen LogP contribution in [0.2, 0.25) is 0 Å². The second kappa shape index (κ2) is 3.87. The minimum absolute atomic E-state index is 0.0467. The summed E-state index contributed by atoms with van der Waals surface area (Å²) in [5.41, 5.74) is 11.8. The molecule has 0 aliphatic carbocycles. The molecule has 16 heavy (non-hydrogen) atoms. The summed E-state index contributed by atoms with van der Waals surface area (Å²) in [5.74, 6) is 0. The lowest BCUT2D eigenvalue weighted by atomic mass is 9.98. The predicted octanol–water partition coefficient (Wildman–Crippen LogP) is 3.18. The van der Waals surface area contributed by atoms with Gasteiger partial charge >= 0.3 is 0 Å². The minimum Gasteiger partial charge on any atom is -0.324 e. The van der Waals surface area contributed by atoms with E-state index in [9.17, 15) is 0 Å². The molecule has 2 N–H and O–H groups in total. The van der Waals surface area contributed by atoms with Crippen LogP contribution in [0.4, 0.5) is 0 Å². The first-order valence-corrected chi connectivity index (χ1v) is 5.63. The zero-order chi connectivity index (χ0) is 11.9. The average Bonchev–Trinajstić information content (AvgIpc) is 2.18. The molecule has 0 bridgehead atoms. The number of benzene rings is 1. The molecule has 84 valence electrons. The molecule has 0 saturated heterocycles. The van der Waals surface area contributed by atoms with Gasteiger partial charge in [0.1, 0.15) is 0 Å². The summed E-state index contributed by atoms with van der Waals surface area (Å²) in [6.45, 7) is 8.25. The highest BCUT2D eigenvalue weighted by Crippen LogP contribution is 2.26. The number of aryl methyl sites for hydroxylation is 3. The SMILES string of the molecule is Cc1cc(C)c2nc(C)cc(C(C)N)c2c1. The number of aromatic nitrogens is 1. The third-order valence-electron chi connectivity index (χ3n) is 2.90. The van der Waals surface area contributed by atoms with Crippen molar-refractivity contribution in [1.82, 2.24) is 4.98 Å². The molecular formula is C14H18N2. The van der Waals surface area contributed by atoms with E-state index in [2.05, 4.69) is 37.0 Å². The van der Waals surface area contributed by atoms with Gasteiger partial charge in [0.25, 0.3) is 0 Å². The standard InChI is InChI=1S/C14H18N2/c1-8-5-9(2)14-13(6-8)12(11(4)15)7-10(3)16-14/h5-7,11H,15H2,1-4H3. The number of rotatable bonds is 1. The fourth-order valence-electron chi connectivity index (χ4n) is 2.22. The van der Waals surface area contributed by atoms with E-state index < -0.39 is 0 Å². The Morgan fingerprint density at radius 3 is 2.44 bits per heavy atom. The Bertz CT molecular complexity index is 542. The van der Waals surface area contributed by atoms with Gasteiger partial charge in [0.2, 0.25) is 0 Å². The molecule has 2 aromatic rings. The second-order valence-corrected chi connectivity index (χ2v) is 4.62. The summed E-state index contributed by atoms with van der Waals surface area (Å²) >= 11 is 0. The summed E-state index contributed by atoms with van der Waals surface area (Å²) in [7, 11) is 0. The van der Waals surface area contributed by atoms with E-state index in [-0.39, 0.29) is 6.04 Å². The third-order valence-corrected chi connectivity index (χ3v) is 2.90. The van der Waals surface area contributed by atoms with Gasteiger partial charge < -0.3 is 5.73 Å². The first-order chi connectivity index (χ1) is 7.49. The smallest absolute Gasteiger partial charge is 0.0737 e. The van der Waals surface area contributed by atoms with E-state index in [1.165, 1.54) is 22.1 Å². The van der Waals surface area contributed by atoms with Crippen LogP contribution in [0.25, 0.3) is 10.9 Å². The van der Waals surface area contributed by atoms with Crippen molar-refractivity contribution < 1.29 is 0 Å². The van der Waals surface area contributed by atoms with Gasteiger partial charge in [0.15, 0.2) is 0 Å². The van der Waals surface area contributed by atoms with E-state index in [1.54, 1.807) is 0 Å². The second-order valence-electron chi connectivity index (χ2n) is 4.62. The lowest BCUT2D eigenvalue weighted by Gasteiger charge is -2.13. The molecule has 2 heteroatoms. The molecule has 0 aliphatic rings. The largest absolute Gasteiger partial charge is 0.324 e. The Kier molecular flexibility index (Phi) is 2.68. The maximum atomic E-state index is 6.02. The summed E-state index contributed by atoms with van der Waals surface area (Å²) in [4.78, 5) is 4.60. The quantitative estimate of drug-likeness (QED) is 0.791. The van der Waals surface area contributed by atoms with Crippen molar-refractivity contribution in [3.63, 3.8) is 0 Å². The van der Waals surface area contributed by atoms with Gasteiger partial charge in [-0.3, -0.25) is 4.98 Å². The molecule has 0 radical (unpaired) electrons. The zero-order valence-corrected chi connectivity index (χ0v) is 10.3. The Balaban J connectivity index is 2.89. The van der Waals surface area contributed by atoms with E-state index in [0.29, 0.717) is 0 Å². The van der Waals surface area contributed by atoms with Crippen molar-refractivity contribution in [1.29, 1.82) is 0 Å². The monoisotopic (exact) mass is 214 g/mol. The molecule has 0 spiro atoms. The molecule has 0 saturated carbocycles. The highest BCUT2D eigenvalue weighted by atomic mass is 14.7. The Hall–Kier alpha value is -1.41. The van der Waals surface area contributed by atoms with Crippen molar-refractivity contribution in [3.05, 3.63) is 40.6 Å². The number of nitrogens with two attached hydrogens (primary N) is 1. The first-order valence-electron chi connectivity index (χ1n) is 5.63. The number of hydrogen-bond acceptors (Lipinski definition) is 2. The van der Waals surface area contributed by atoms with Gasteiger partial charge in [-0.15, -0.1) is 0 Å². The molecule has 1 heterocycles. The predicted molar refractivity (Wildman–Crippen MR) is 68.6 cm³/mol. The van der Waals surface area contributed by atoms with Gasteiger partial charge in [-0.25, -0.2) is 0 Å². The molecular weight excluding hydrogens is 196 g/mol. The Morgan fingerprint density at radius 1 is 1.12 bits per heavy atom. The molecule has 0 aliphatic heterocycles. The van der Waals surface area contributed by atoms with E-state index in [0.717, 1.165) is 11.2 Å². The van der Waals surface area contributed by atoms with Crippen molar-refractivity contribution >= 4 is 10.9 Å². The fraction of sp³-hybridized carbons (Fsp3) is 0.357. The van der Waals surface area contributed by atoms with Gasteiger partial charge in [-0.1, -0.05) is 11.6 Å². The van der Waals surface area contributed by atoms with Gasteiger partial charge in [-0.05, 0) is 51.0 Å². The fourth-order valence-corrected chi connectivity index (χ4v) is 2.22. The number of fused-ring (bicyclic) bond motifs is 1. The van der Waals surface area contributed by atoms with Gasteiger partial charge in [0.05, 0.1) is 5.52 Å². The number of nitrogens with zero attached hydrogens (tertiary/aromatic N) is 1. The zero-order valence-electron chi connectivity index (χ0n) is 10.3. The van der Waals surface area contributed by atoms with Crippen molar-refractivity contribution in [2.75, 3.05) is 0 Å². The van der Waals surface area contributed by atoms with Crippen LogP contribution in [0, 0.1) is 20.8 Å². The molecule has 1 aromatic heterocycles. The third kappa shape index (κ3) is 1.81. The van der Waals surface area contributed by atoms with Crippen LogP contribution >= 0.6 is 0 Å². The normalized spacial score (nSPS) is 13.1. The summed E-state index contributed by atoms with van der Waals surface area (Å²) in [5, 5.41) is 1.19. The molecule has 0 amide bonds. The van der Waals surface area contributed by atoms with Crippen LogP contribution in [0.15, 0.2) is 18.2 Å². The van der Waals surface area contributed by atoms with Gasteiger partial charge in [0, 0.05) is 17.1 Å². The van der Waals surface area contributed by atoms with Gasteiger partial charge in [-0.2, -0.15) is 0 Å². The van der Waals surface area contributed by atoms with Crippen LogP contribution in [0.5, 0.6) is 0 Å². The minimum atomic E-state index is 0.0467. The summed E-state index contributed by atoms with van der Waals surface area (Å²) in [6.07, 6.45) is 0. The highest BCUT2D eigenvalue weighted by molar-refractivity contribution is 5.86. The molecule has 1 aromatic carbocycles. The highest BCUT2D eigenvalue weighted by Gasteiger charge is 2.09. The summed E-state index contributed by atoms with van der Waals surface area (Å²) < 4.78 is 0. The topological polar surface area (TPSA) is 38.9 Å².